The number of anilines is 1. The van der Waals surface area contributed by atoms with Gasteiger partial charge in [-0.3, -0.25) is 0 Å². The normalized spacial score (nSPS) is 22.2. The molecule has 1 saturated heterocycles. The van der Waals surface area contributed by atoms with Crippen LogP contribution in [0.2, 0.25) is 0 Å². The summed E-state index contributed by atoms with van der Waals surface area (Å²) in [5.74, 6) is 0. The van der Waals surface area contributed by atoms with Crippen LogP contribution in [0.3, 0.4) is 0 Å². The van der Waals surface area contributed by atoms with Crippen LogP contribution in [0.5, 0.6) is 0 Å². The van der Waals surface area contributed by atoms with Gasteiger partial charge in [0.1, 0.15) is 13.1 Å². The van der Waals surface area contributed by atoms with E-state index in [-0.39, 0.29) is 0 Å². The Balaban J connectivity index is 1.57. The van der Waals surface area contributed by atoms with E-state index in [0.717, 1.165) is 57.3 Å². The Morgan fingerprint density at radius 3 is 2.95 bits per heavy atom. The third-order valence-corrected chi connectivity index (χ3v) is 5.04. The summed E-state index contributed by atoms with van der Waals surface area (Å²) in [4.78, 5) is 3.90. The highest BCUT2D eigenvalue weighted by molar-refractivity contribution is 7.80. The molecule has 1 aromatic carbocycles. The molecule has 5 heteroatoms. The molecule has 2 aliphatic heterocycles. The SMILES string of the molecule is C[C@H]1CCc2ccccc2N1C(=S)NCC[NH+]1CCOCC1. The molecule has 2 aliphatic rings. The first-order valence-corrected chi connectivity index (χ1v) is 8.73. The molecule has 120 valence electrons. The minimum absolute atomic E-state index is 0.464. The van der Waals surface area contributed by atoms with Gasteiger partial charge in [0.15, 0.2) is 5.11 Å². The van der Waals surface area contributed by atoms with Crippen LogP contribution in [-0.2, 0) is 11.2 Å². The van der Waals surface area contributed by atoms with Crippen molar-refractivity contribution in [2.75, 3.05) is 44.3 Å². The fraction of sp³-hybridized carbons (Fsp3) is 0.588. The monoisotopic (exact) mass is 320 g/mol. The van der Waals surface area contributed by atoms with Gasteiger partial charge in [-0.1, -0.05) is 18.2 Å². The highest BCUT2D eigenvalue weighted by Gasteiger charge is 2.25. The van der Waals surface area contributed by atoms with Gasteiger partial charge in [-0.05, 0) is 43.6 Å². The summed E-state index contributed by atoms with van der Waals surface area (Å²) in [5, 5.41) is 4.33. The molecule has 0 radical (unpaired) electrons. The third-order valence-electron chi connectivity index (χ3n) is 4.70. The van der Waals surface area contributed by atoms with Crippen LogP contribution < -0.4 is 15.1 Å². The average Bonchev–Trinajstić information content (AvgIpc) is 2.55. The van der Waals surface area contributed by atoms with Gasteiger partial charge in [-0.25, -0.2) is 0 Å². The standard InChI is InChI=1S/C17H25N3OS/c1-14-6-7-15-4-2-3-5-16(15)20(14)17(22)18-8-9-19-10-12-21-13-11-19/h2-5,14H,6-13H2,1H3,(H,18,22)/p+1/t14-/m0/s1. The maximum absolute atomic E-state index is 5.67. The first-order chi connectivity index (χ1) is 10.8. The molecule has 4 nitrogen and oxygen atoms in total. The van der Waals surface area contributed by atoms with Gasteiger partial charge in [-0.2, -0.15) is 0 Å². The van der Waals surface area contributed by atoms with Crippen LogP contribution in [0.15, 0.2) is 24.3 Å². The number of rotatable bonds is 3. The van der Waals surface area contributed by atoms with E-state index in [9.17, 15) is 0 Å². The van der Waals surface area contributed by atoms with E-state index in [1.54, 1.807) is 4.90 Å². The molecule has 1 atom stereocenters. The first kappa shape index (κ1) is 15.7. The van der Waals surface area contributed by atoms with Crippen LogP contribution in [0, 0.1) is 0 Å². The van der Waals surface area contributed by atoms with Gasteiger partial charge in [0.25, 0.3) is 0 Å². The lowest BCUT2D eigenvalue weighted by atomic mass is 9.97. The lowest BCUT2D eigenvalue weighted by Crippen LogP contribution is -3.14. The lowest BCUT2D eigenvalue weighted by molar-refractivity contribution is -0.906. The number of hydrogen-bond donors (Lipinski definition) is 2. The molecule has 0 aromatic heterocycles. The molecule has 0 saturated carbocycles. The van der Waals surface area contributed by atoms with Crippen LogP contribution in [-0.4, -0.2) is 50.5 Å². The number of benzene rings is 1. The zero-order chi connectivity index (χ0) is 15.4. The Kier molecular flexibility index (Phi) is 5.28. The second kappa shape index (κ2) is 7.40. The van der Waals surface area contributed by atoms with Gasteiger partial charge >= 0.3 is 0 Å². The molecule has 2 heterocycles. The maximum Gasteiger partial charge on any atom is 0.173 e. The number of nitrogens with zero attached hydrogens (tertiary/aromatic N) is 1. The second-order valence-corrected chi connectivity index (χ2v) is 6.62. The van der Waals surface area contributed by atoms with Crippen molar-refractivity contribution in [3.8, 4) is 0 Å². The number of ether oxygens (including phenoxy) is 1. The van der Waals surface area contributed by atoms with E-state index in [1.165, 1.54) is 11.3 Å². The van der Waals surface area contributed by atoms with Gasteiger partial charge in [0.2, 0.25) is 0 Å². The summed E-state index contributed by atoms with van der Waals surface area (Å²) in [7, 11) is 0. The molecule has 2 N–H and O–H groups in total. The summed E-state index contributed by atoms with van der Waals surface area (Å²) in [6, 6.07) is 9.09. The molecule has 22 heavy (non-hydrogen) atoms. The molecule has 0 unspecified atom stereocenters. The van der Waals surface area contributed by atoms with Crippen molar-refractivity contribution in [1.29, 1.82) is 0 Å². The zero-order valence-electron chi connectivity index (χ0n) is 13.3. The van der Waals surface area contributed by atoms with Gasteiger partial charge < -0.3 is 19.9 Å². The van der Waals surface area contributed by atoms with E-state index in [0.29, 0.717) is 6.04 Å². The fourth-order valence-corrected chi connectivity index (χ4v) is 3.72. The fourth-order valence-electron chi connectivity index (χ4n) is 3.34. The number of thiocarbonyl (C=S) groups is 1. The summed E-state index contributed by atoms with van der Waals surface area (Å²) in [5.41, 5.74) is 2.68. The number of fused-ring (bicyclic) bond motifs is 1. The van der Waals surface area contributed by atoms with Crippen molar-refractivity contribution in [2.45, 2.75) is 25.8 Å². The highest BCUT2D eigenvalue weighted by Crippen LogP contribution is 2.30. The van der Waals surface area contributed by atoms with Gasteiger partial charge in [0, 0.05) is 11.7 Å². The number of nitrogens with one attached hydrogen (secondary N) is 2. The quantitative estimate of drug-likeness (QED) is 0.799. The molecule has 1 aromatic rings. The molecule has 0 spiro atoms. The van der Waals surface area contributed by atoms with Crippen LogP contribution in [0.4, 0.5) is 5.69 Å². The second-order valence-electron chi connectivity index (χ2n) is 6.23. The summed E-state index contributed by atoms with van der Waals surface area (Å²) < 4.78 is 5.40. The summed E-state index contributed by atoms with van der Waals surface area (Å²) in [6.45, 7) is 8.28. The Bertz CT molecular complexity index is 516. The molecule has 0 aliphatic carbocycles. The predicted molar refractivity (Wildman–Crippen MR) is 93.7 cm³/mol. The van der Waals surface area contributed by atoms with Gasteiger partial charge in [-0.15, -0.1) is 0 Å². The number of morpholine rings is 1. The van der Waals surface area contributed by atoms with Gasteiger partial charge in [0.05, 0.1) is 26.3 Å². The Hall–Kier alpha value is -1.17. The van der Waals surface area contributed by atoms with Crippen molar-refractivity contribution in [3.05, 3.63) is 29.8 Å². The number of quaternary nitrogens is 1. The summed E-state index contributed by atoms with van der Waals surface area (Å²) >= 11 is 5.67. The van der Waals surface area contributed by atoms with Crippen molar-refractivity contribution in [1.82, 2.24) is 5.32 Å². The molecule has 0 bridgehead atoms. The topological polar surface area (TPSA) is 28.9 Å². The third kappa shape index (κ3) is 3.59. The largest absolute Gasteiger partial charge is 0.370 e. The molecule has 3 rings (SSSR count). The Morgan fingerprint density at radius 1 is 1.36 bits per heavy atom. The predicted octanol–water partition coefficient (Wildman–Crippen LogP) is 0.617. The maximum atomic E-state index is 5.67. The zero-order valence-corrected chi connectivity index (χ0v) is 14.1. The van der Waals surface area contributed by atoms with Crippen molar-refractivity contribution in [2.24, 2.45) is 0 Å². The smallest absolute Gasteiger partial charge is 0.173 e. The lowest BCUT2D eigenvalue weighted by Gasteiger charge is -2.37. The molecule has 1 fully saturated rings. The molecular weight excluding hydrogens is 294 g/mol. The number of aryl methyl sites for hydroxylation is 1. The van der Waals surface area contributed by atoms with E-state index < -0.39 is 0 Å². The van der Waals surface area contributed by atoms with Crippen molar-refractivity contribution < 1.29 is 9.64 Å². The van der Waals surface area contributed by atoms with E-state index in [1.807, 2.05) is 0 Å². The number of para-hydroxylation sites is 1. The average molecular weight is 320 g/mol. The highest BCUT2D eigenvalue weighted by atomic mass is 32.1. The van der Waals surface area contributed by atoms with Crippen molar-refractivity contribution >= 4 is 23.0 Å². The first-order valence-electron chi connectivity index (χ1n) is 8.32. The van der Waals surface area contributed by atoms with Crippen LogP contribution >= 0.6 is 12.2 Å². The van der Waals surface area contributed by atoms with E-state index >= 15 is 0 Å². The van der Waals surface area contributed by atoms with E-state index in [4.69, 9.17) is 17.0 Å². The van der Waals surface area contributed by atoms with Crippen LogP contribution in [0.1, 0.15) is 18.9 Å². The Labute approximate surface area is 138 Å². The minimum atomic E-state index is 0.464. The summed E-state index contributed by atoms with van der Waals surface area (Å²) in [6.07, 6.45) is 2.31. The molecular formula is C17H26N3OS+. The minimum Gasteiger partial charge on any atom is -0.370 e. The van der Waals surface area contributed by atoms with Crippen LogP contribution in [0.25, 0.3) is 0 Å². The van der Waals surface area contributed by atoms with E-state index in [2.05, 4.69) is 41.4 Å². The molecule has 0 amide bonds. The Morgan fingerprint density at radius 2 is 2.14 bits per heavy atom. The number of hydrogen-bond acceptors (Lipinski definition) is 2. The van der Waals surface area contributed by atoms with Crippen molar-refractivity contribution in [3.63, 3.8) is 0 Å².